The number of anilines is 1. The lowest BCUT2D eigenvalue weighted by Crippen LogP contribution is -2.44. The van der Waals surface area contributed by atoms with Gasteiger partial charge >= 0.3 is 0 Å². The number of rotatable bonds is 3. The summed E-state index contributed by atoms with van der Waals surface area (Å²) in [7, 11) is 0. The van der Waals surface area contributed by atoms with E-state index in [1.165, 1.54) is 32.2 Å². The smallest absolute Gasteiger partial charge is 0.149 e. The van der Waals surface area contributed by atoms with Crippen LogP contribution in [0, 0.1) is 6.92 Å². The van der Waals surface area contributed by atoms with Gasteiger partial charge in [0.2, 0.25) is 0 Å². The van der Waals surface area contributed by atoms with Crippen molar-refractivity contribution in [1.82, 2.24) is 15.1 Å². The van der Waals surface area contributed by atoms with Crippen LogP contribution in [0.3, 0.4) is 0 Å². The van der Waals surface area contributed by atoms with E-state index in [1.54, 1.807) is 11.3 Å². The number of nitrogens with zero attached hydrogens (tertiary/aromatic N) is 3. The average molecular weight is 381 g/mol. The SMILES string of the molecule is Cc1cc(N[C@H]2CC[C@@H]3CCCN3C2)nnc1-c1ccc2sccc2c1O. The standard InChI is InChI=1S/C21H24N4OS/c1-13-11-19(22-14-4-5-15-3-2-9-25(15)12-14)23-24-20(13)17-6-7-18-16(21(17)26)8-10-27-18/h6-8,10-11,14-15,26H,2-5,9,12H2,1H3,(H,22,23)/t14-,15-/m0/s1. The Morgan fingerprint density at radius 2 is 2.11 bits per heavy atom. The molecule has 1 aromatic carbocycles. The van der Waals surface area contributed by atoms with Crippen molar-refractivity contribution in [3.8, 4) is 17.0 Å². The topological polar surface area (TPSA) is 61.3 Å². The van der Waals surface area contributed by atoms with Gasteiger partial charge in [0.25, 0.3) is 0 Å². The Hall–Kier alpha value is -2.18. The fraction of sp³-hybridized carbons (Fsp3) is 0.429. The monoisotopic (exact) mass is 380 g/mol. The van der Waals surface area contributed by atoms with E-state index in [0.29, 0.717) is 11.8 Å². The Morgan fingerprint density at radius 1 is 1.19 bits per heavy atom. The van der Waals surface area contributed by atoms with Crippen LogP contribution in [0.15, 0.2) is 29.6 Å². The van der Waals surface area contributed by atoms with Crippen LogP contribution in [-0.2, 0) is 0 Å². The van der Waals surface area contributed by atoms with E-state index in [9.17, 15) is 5.11 Å². The molecule has 0 amide bonds. The van der Waals surface area contributed by atoms with Gasteiger partial charge in [-0.25, -0.2) is 0 Å². The van der Waals surface area contributed by atoms with Crippen LogP contribution in [0.4, 0.5) is 5.82 Å². The predicted molar refractivity (Wildman–Crippen MR) is 110 cm³/mol. The second kappa shape index (κ2) is 6.77. The maximum Gasteiger partial charge on any atom is 0.149 e. The summed E-state index contributed by atoms with van der Waals surface area (Å²) in [4.78, 5) is 2.62. The summed E-state index contributed by atoms with van der Waals surface area (Å²) in [6, 6.07) is 9.22. The first-order chi connectivity index (χ1) is 13.2. The Balaban J connectivity index is 1.38. The molecule has 3 aromatic rings. The average Bonchev–Trinajstić information content (AvgIpc) is 3.32. The molecule has 2 aromatic heterocycles. The van der Waals surface area contributed by atoms with Gasteiger partial charge in [-0.1, -0.05) is 0 Å². The summed E-state index contributed by atoms with van der Waals surface area (Å²) >= 11 is 1.63. The third-order valence-electron chi connectivity index (χ3n) is 6.00. The highest BCUT2D eigenvalue weighted by molar-refractivity contribution is 7.17. The summed E-state index contributed by atoms with van der Waals surface area (Å²) in [6.07, 6.45) is 5.16. The molecule has 0 aliphatic carbocycles. The number of aromatic hydroxyl groups is 1. The molecule has 4 heterocycles. The third kappa shape index (κ3) is 3.07. The van der Waals surface area contributed by atoms with Crippen LogP contribution in [0.25, 0.3) is 21.3 Å². The lowest BCUT2D eigenvalue weighted by molar-refractivity contribution is 0.186. The number of benzene rings is 1. The van der Waals surface area contributed by atoms with Gasteiger partial charge in [-0.2, -0.15) is 0 Å². The van der Waals surface area contributed by atoms with Gasteiger partial charge in [-0.15, -0.1) is 21.5 Å². The van der Waals surface area contributed by atoms with Gasteiger partial charge in [0, 0.05) is 34.3 Å². The fourth-order valence-electron chi connectivity index (χ4n) is 4.60. The highest BCUT2D eigenvalue weighted by Gasteiger charge is 2.31. The first-order valence-electron chi connectivity index (χ1n) is 9.73. The molecule has 6 heteroatoms. The lowest BCUT2D eigenvalue weighted by atomic mass is 9.99. The van der Waals surface area contributed by atoms with Crippen LogP contribution in [0.1, 0.15) is 31.2 Å². The molecule has 2 aliphatic heterocycles. The third-order valence-corrected chi connectivity index (χ3v) is 6.88. The summed E-state index contributed by atoms with van der Waals surface area (Å²) in [6.45, 7) is 4.36. The van der Waals surface area contributed by atoms with Crippen LogP contribution in [0.5, 0.6) is 5.75 Å². The van der Waals surface area contributed by atoms with E-state index in [1.807, 2.05) is 30.5 Å². The molecule has 5 nitrogen and oxygen atoms in total. The zero-order valence-corrected chi connectivity index (χ0v) is 16.3. The number of fused-ring (bicyclic) bond motifs is 2. The van der Waals surface area contributed by atoms with Gasteiger partial charge in [-0.05, 0) is 74.4 Å². The van der Waals surface area contributed by atoms with E-state index in [2.05, 4.69) is 26.5 Å². The van der Waals surface area contributed by atoms with Crippen molar-refractivity contribution in [2.24, 2.45) is 0 Å². The van der Waals surface area contributed by atoms with Gasteiger partial charge in [0.15, 0.2) is 0 Å². The number of hydrogen-bond acceptors (Lipinski definition) is 6. The van der Waals surface area contributed by atoms with Crippen LogP contribution in [-0.4, -0.2) is 45.4 Å². The summed E-state index contributed by atoms with van der Waals surface area (Å²) in [5, 5.41) is 26.0. The van der Waals surface area contributed by atoms with Gasteiger partial charge in [0.1, 0.15) is 11.6 Å². The minimum Gasteiger partial charge on any atom is -0.507 e. The zero-order valence-electron chi connectivity index (χ0n) is 15.5. The van der Waals surface area contributed by atoms with E-state index in [-0.39, 0.29) is 0 Å². The molecule has 27 heavy (non-hydrogen) atoms. The van der Waals surface area contributed by atoms with E-state index < -0.39 is 0 Å². The second-order valence-electron chi connectivity index (χ2n) is 7.76. The van der Waals surface area contributed by atoms with Crippen molar-refractivity contribution in [2.45, 2.75) is 44.7 Å². The molecule has 2 fully saturated rings. The molecule has 2 saturated heterocycles. The number of phenolic OH excluding ortho intramolecular Hbond substituents is 1. The lowest BCUT2D eigenvalue weighted by Gasteiger charge is -2.35. The van der Waals surface area contributed by atoms with Gasteiger partial charge < -0.3 is 10.4 Å². The number of piperidine rings is 1. The van der Waals surface area contributed by atoms with Crippen molar-refractivity contribution in [3.05, 3.63) is 35.2 Å². The Bertz CT molecular complexity index is 985. The Kier molecular flexibility index (Phi) is 4.25. The maximum atomic E-state index is 10.7. The molecule has 0 saturated carbocycles. The van der Waals surface area contributed by atoms with Crippen molar-refractivity contribution in [3.63, 3.8) is 0 Å². The minimum atomic E-state index is 0.291. The molecule has 2 atom stereocenters. The predicted octanol–water partition coefficient (Wildman–Crippen LogP) is 4.41. The van der Waals surface area contributed by atoms with Crippen LogP contribution < -0.4 is 5.32 Å². The van der Waals surface area contributed by atoms with Crippen molar-refractivity contribution in [1.29, 1.82) is 0 Å². The number of phenols is 1. The van der Waals surface area contributed by atoms with Crippen molar-refractivity contribution in [2.75, 3.05) is 18.4 Å². The molecule has 2 aliphatic rings. The number of aromatic nitrogens is 2. The number of aryl methyl sites for hydroxylation is 1. The van der Waals surface area contributed by atoms with Crippen LogP contribution >= 0.6 is 11.3 Å². The highest BCUT2D eigenvalue weighted by Crippen LogP contribution is 2.38. The molecule has 140 valence electrons. The molecule has 0 radical (unpaired) electrons. The Labute approximate surface area is 163 Å². The minimum absolute atomic E-state index is 0.291. The van der Waals surface area contributed by atoms with E-state index in [4.69, 9.17) is 0 Å². The number of hydrogen-bond donors (Lipinski definition) is 2. The van der Waals surface area contributed by atoms with Gasteiger partial charge in [-0.3, -0.25) is 4.90 Å². The molecule has 0 spiro atoms. The number of thiophene rings is 1. The molecular formula is C21H24N4OS. The largest absolute Gasteiger partial charge is 0.507 e. The van der Waals surface area contributed by atoms with Crippen molar-refractivity contribution < 1.29 is 5.11 Å². The molecule has 2 N–H and O–H groups in total. The maximum absolute atomic E-state index is 10.7. The zero-order chi connectivity index (χ0) is 18.4. The van der Waals surface area contributed by atoms with E-state index >= 15 is 0 Å². The number of nitrogens with one attached hydrogen (secondary N) is 1. The summed E-state index contributed by atoms with van der Waals surface area (Å²) in [5.74, 6) is 1.12. The molecular weight excluding hydrogens is 356 g/mol. The molecule has 0 unspecified atom stereocenters. The molecule has 5 rings (SSSR count). The van der Waals surface area contributed by atoms with Gasteiger partial charge in [0.05, 0.1) is 5.69 Å². The highest BCUT2D eigenvalue weighted by atomic mass is 32.1. The van der Waals surface area contributed by atoms with Crippen LogP contribution in [0.2, 0.25) is 0 Å². The quantitative estimate of drug-likeness (QED) is 0.705. The first kappa shape index (κ1) is 17.0. The second-order valence-corrected chi connectivity index (χ2v) is 8.71. The Morgan fingerprint density at radius 3 is 3.00 bits per heavy atom. The van der Waals surface area contributed by atoms with E-state index in [0.717, 1.165) is 45.3 Å². The first-order valence-corrected chi connectivity index (χ1v) is 10.6. The summed E-state index contributed by atoms with van der Waals surface area (Å²) in [5.41, 5.74) is 2.51. The molecule has 0 bridgehead atoms. The normalized spacial score (nSPS) is 22.9. The fourth-order valence-corrected chi connectivity index (χ4v) is 5.39. The summed E-state index contributed by atoms with van der Waals surface area (Å²) < 4.78 is 1.08. The van der Waals surface area contributed by atoms with Crippen molar-refractivity contribution >= 4 is 27.2 Å².